The molecule has 1 heterocycles. The van der Waals surface area contributed by atoms with Crippen molar-refractivity contribution in [2.24, 2.45) is 0 Å². The largest absolute Gasteiger partial charge is 0.343 e. The van der Waals surface area contributed by atoms with Gasteiger partial charge in [0.05, 0.1) is 0 Å². The Hall–Kier alpha value is -1.06. The summed E-state index contributed by atoms with van der Waals surface area (Å²) in [6, 6.07) is -0.590. The number of nitrogens with zero attached hydrogens (tertiary/aromatic N) is 1. The molecule has 0 aliphatic carbocycles. The summed E-state index contributed by atoms with van der Waals surface area (Å²) in [5.41, 5.74) is 0. The second-order valence-corrected chi connectivity index (χ2v) is 3.91. The van der Waals surface area contributed by atoms with Gasteiger partial charge in [0, 0.05) is 6.04 Å². The van der Waals surface area contributed by atoms with Gasteiger partial charge in [-0.15, -0.1) is 0 Å². The SMILES string of the molecule is CCC(C)N1C(=O)C(C)NC(=O)C1C. The van der Waals surface area contributed by atoms with Crippen molar-refractivity contribution < 1.29 is 9.59 Å². The highest BCUT2D eigenvalue weighted by atomic mass is 16.2. The number of hydrogen-bond acceptors (Lipinski definition) is 2. The molecule has 0 spiro atoms. The monoisotopic (exact) mass is 198 g/mol. The van der Waals surface area contributed by atoms with Gasteiger partial charge in [0.1, 0.15) is 12.1 Å². The molecule has 0 saturated carbocycles. The first kappa shape index (κ1) is 11.0. The second kappa shape index (κ2) is 3.98. The predicted octanol–water partition coefficient (Wildman–Crippen LogP) is 0.520. The number of carbonyl (C=O) groups excluding carboxylic acids is 2. The van der Waals surface area contributed by atoms with E-state index in [9.17, 15) is 9.59 Å². The molecule has 1 aliphatic rings. The molecule has 4 heteroatoms. The molecule has 4 nitrogen and oxygen atoms in total. The first-order valence-corrected chi connectivity index (χ1v) is 5.11. The van der Waals surface area contributed by atoms with Gasteiger partial charge in [0.2, 0.25) is 11.8 Å². The van der Waals surface area contributed by atoms with Crippen LogP contribution in [-0.4, -0.2) is 34.8 Å². The van der Waals surface area contributed by atoms with Gasteiger partial charge in [-0.05, 0) is 27.2 Å². The Morgan fingerprint density at radius 1 is 1.43 bits per heavy atom. The van der Waals surface area contributed by atoms with Crippen LogP contribution in [0.4, 0.5) is 0 Å². The fourth-order valence-electron chi connectivity index (χ4n) is 1.73. The third kappa shape index (κ3) is 1.74. The Morgan fingerprint density at radius 3 is 2.50 bits per heavy atom. The van der Waals surface area contributed by atoms with E-state index in [2.05, 4.69) is 5.32 Å². The van der Waals surface area contributed by atoms with Gasteiger partial charge in [-0.25, -0.2) is 0 Å². The van der Waals surface area contributed by atoms with Crippen LogP contribution in [0.3, 0.4) is 0 Å². The molecule has 1 saturated heterocycles. The fraction of sp³-hybridized carbons (Fsp3) is 0.800. The van der Waals surface area contributed by atoms with E-state index >= 15 is 0 Å². The van der Waals surface area contributed by atoms with Gasteiger partial charge < -0.3 is 10.2 Å². The van der Waals surface area contributed by atoms with Gasteiger partial charge in [-0.2, -0.15) is 0 Å². The Morgan fingerprint density at radius 2 is 2.00 bits per heavy atom. The quantitative estimate of drug-likeness (QED) is 0.703. The summed E-state index contributed by atoms with van der Waals surface area (Å²) >= 11 is 0. The lowest BCUT2D eigenvalue weighted by molar-refractivity contribution is -0.150. The van der Waals surface area contributed by atoms with Crippen LogP contribution >= 0.6 is 0 Å². The van der Waals surface area contributed by atoms with Crippen molar-refractivity contribution in [2.45, 2.75) is 52.2 Å². The molecule has 1 aliphatic heterocycles. The van der Waals surface area contributed by atoms with Crippen LogP contribution in [0.1, 0.15) is 34.1 Å². The Balaban J connectivity index is 2.87. The zero-order chi connectivity index (χ0) is 10.9. The van der Waals surface area contributed by atoms with Crippen LogP contribution in [0, 0.1) is 0 Å². The van der Waals surface area contributed by atoms with E-state index in [1.165, 1.54) is 0 Å². The lowest BCUT2D eigenvalue weighted by atomic mass is 10.1. The molecule has 3 unspecified atom stereocenters. The van der Waals surface area contributed by atoms with Crippen molar-refractivity contribution in [2.75, 3.05) is 0 Å². The van der Waals surface area contributed by atoms with E-state index in [0.29, 0.717) is 0 Å². The van der Waals surface area contributed by atoms with E-state index in [1.807, 2.05) is 13.8 Å². The van der Waals surface area contributed by atoms with E-state index in [-0.39, 0.29) is 29.9 Å². The molecule has 2 amide bonds. The highest BCUT2D eigenvalue weighted by Gasteiger charge is 2.37. The minimum absolute atomic E-state index is 0.0199. The van der Waals surface area contributed by atoms with Crippen molar-refractivity contribution in [1.29, 1.82) is 0 Å². The molecule has 0 aromatic carbocycles. The standard InChI is InChI=1S/C10H18N2O2/c1-5-6(2)12-8(4)9(13)11-7(3)10(12)14/h6-8H,5H2,1-4H3,(H,11,13). The van der Waals surface area contributed by atoms with Crippen molar-refractivity contribution in [1.82, 2.24) is 10.2 Å². The van der Waals surface area contributed by atoms with E-state index < -0.39 is 0 Å². The normalized spacial score (nSPS) is 30.1. The van der Waals surface area contributed by atoms with E-state index in [0.717, 1.165) is 6.42 Å². The van der Waals surface area contributed by atoms with E-state index in [4.69, 9.17) is 0 Å². The summed E-state index contributed by atoms with van der Waals surface area (Å²) < 4.78 is 0. The van der Waals surface area contributed by atoms with Crippen LogP contribution in [0.25, 0.3) is 0 Å². The minimum atomic E-state index is -0.382. The maximum atomic E-state index is 11.8. The molecule has 14 heavy (non-hydrogen) atoms. The summed E-state index contributed by atoms with van der Waals surface area (Å²) in [4.78, 5) is 25.0. The zero-order valence-corrected chi connectivity index (χ0v) is 9.20. The summed E-state index contributed by atoms with van der Waals surface area (Å²) in [6.07, 6.45) is 0.871. The van der Waals surface area contributed by atoms with Gasteiger partial charge in [-0.3, -0.25) is 9.59 Å². The topological polar surface area (TPSA) is 49.4 Å². The first-order chi connectivity index (χ1) is 6.49. The third-order valence-corrected chi connectivity index (χ3v) is 2.85. The first-order valence-electron chi connectivity index (χ1n) is 5.11. The van der Waals surface area contributed by atoms with Crippen molar-refractivity contribution in [3.8, 4) is 0 Å². The maximum Gasteiger partial charge on any atom is 0.245 e. The molecular weight excluding hydrogens is 180 g/mol. The lowest BCUT2D eigenvalue weighted by Gasteiger charge is -2.39. The number of piperazine rings is 1. The highest BCUT2D eigenvalue weighted by molar-refractivity contribution is 5.96. The Labute approximate surface area is 84.7 Å². The molecule has 0 aromatic heterocycles. The summed E-state index contributed by atoms with van der Waals surface area (Å²) in [5.74, 6) is -0.0381. The van der Waals surface area contributed by atoms with Gasteiger partial charge in [0.25, 0.3) is 0 Å². The van der Waals surface area contributed by atoms with Gasteiger partial charge in [0.15, 0.2) is 0 Å². The van der Waals surface area contributed by atoms with Crippen LogP contribution in [0.15, 0.2) is 0 Å². The molecule has 1 fully saturated rings. The summed E-state index contributed by atoms with van der Waals surface area (Å²) in [6.45, 7) is 7.48. The lowest BCUT2D eigenvalue weighted by Crippen LogP contribution is -2.63. The number of hydrogen-bond donors (Lipinski definition) is 1. The molecule has 80 valence electrons. The molecule has 0 radical (unpaired) electrons. The van der Waals surface area contributed by atoms with Crippen molar-refractivity contribution >= 4 is 11.8 Å². The number of rotatable bonds is 2. The summed E-state index contributed by atoms with van der Waals surface area (Å²) in [7, 11) is 0. The molecule has 1 N–H and O–H groups in total. The molecule has 1 rings (SSSR count). The number of amides is 2. The summed E-state index contributed by atoms with van der Waals surface area (Å²) in [5, 5.41) is 2.66. The fourth-order valence-corrected chi connectivity index (χ4v) is 1.73. The van der Waals surface area contributed by atoms with E-state index in [1.54, 1.807) is 18.7 Å². The van der Waals surface area contributed by atoms with Gasteiger partial charge >= 0.3 is 0 Å². The molecule has 0 bridgehead atoms. The Kier molecular flexibility index (Phi) is 3.13. The van der Waals surface area contributed by atoms with Crippen LogP contribution in [0.2, 0.25) is 0 Å². The van der Waals surface area contributed by atoms with Crippen LogP contribution in [-0.2, 0) is 9.59 Å². The second-order valence-electron chi connectivity index (χ2n) is 3.91. The van der Waals surface area contributed by atoms with Crippen molar-refractivity contribution in [3.63, 3.8) is 0 Å². The smallest absolute Gasteiger partial charge is 0.245 e. The average Bonchev–Trinajstić information content (AvgIpc) is 2.15. The number of carbonyl (C=O) groups is 2. The minimum Gasteiger partial charge on any atom is -0.343 e. The zero-order valence-electron chi connectivity index (χ0n) is 9.20. The molecule has 0 aromatic rings. The Bertz CT molecular complexity index is 253. The van der Waals surface area contributed by atoms with Crippen LogP contribution in [0.5, 0.6) is 0 Å². The van der Waals surface area contributed by atoms with Crippen molar-refractivity contribution in [3.05, 3.63) is 0 Å². The third-order valence-electron chi connectivity index (χ3n) is 2.85. The maximum absolute atomic E-state index is 11.8. The number of nitrogens with one attached hydrogen (secondary N) is 1. The predicted molar refractivity (Wildman–Crippen MR) is 53.7 cm³/mol. The van der Waals surface area contributed by atoms with Gasteiger partial charge in [-0.1, -0.05) is 6.92 Å². The molecular formula is C10H18N2O2. The molecule has 3 atom stereocenters. The highest BCUT2D eigenvalue weighted by Crippen LogP contribution is 2.15. The van der Waals surface area contributed by atoms with Crippen LogP contribution < -0.4 is 5.32 Å². The average molecular weight is 198 g/mol.